The second-order valence-electron chi connectivity index (χ2n) is 6.97. The molecule has 1 N–H and O–H groups in total. The quantitative estimate of drug-likeness (QED) is 0.853. The van der Waals surface area contributed by atoms with Gasteiger partial charge in [-0.2, -0.15) is 0 Å². The normalized spacial score (nSPS) is 11.9. The first-order valence-electron chi connectivity index (χ1n) is 7.15. The highest BCUT2D eigenvalue weighted by Crippen LogP contribution is 2.18. The smallest absolute Gasteiger partial charge is 0.128 e. The summed E-state index contributed by atoms with van der Waals surface area (Å²) in [4.78, 5) is 6.76. The first-order valence-corrected chi connectivity index (χ1v) is 7.15. The summed E-state index contributed by atoms with van der Waals surface area (Å²) in [7, 11) is 2.10. The molecule has 0 fully saturated rings. The lowest BCUT2D eigenvalue weighted by atomic mass is 9.96. The minimum absolute atomic E-state index is 0.286. The molecular formula is C16H29N3. The number of rotatable bonds is 6. The third kappa shape index (κ3) is 6.58. The van der Waals surface area contributed by atoms with Gasteiger partial charge in [-0.05, 0) is 29.5 Å². The van der Waals surface area contributed by atoms with Gasteiger partial charge in [0, 0.05) is 26.3 Å². The van der Waals surface area contributed by atoms with Gasteiger partial charge in [0.2, 0.25) is 0 Å². The Bertz CT molecular complexity index is 363. The van der Waals surface area contributed by atoms with Gasteiger partial charge in [0.1, 0.15) is 5.82 Å². The first-order chi connectivity index (χ1) is 8.78. The predicted octanol–water partition coefficient (Wildman–Crippen LogP) is 3.31. The van der Waals surface area contributed by atoms with Gasteiger partial charge >= 0.3 is 0 Å². The summed E-state index contributed by atoms with van der Waals surface area (Å²) >= 11 is 0. The van der Waals surface area contributed by atoms with Crippen LogP contribution in [0.5, 0.6) is 0 Å². The number of pyridine rings is 1. The molecule has 3 nitrogen and oxygen atoms in total. The number of hydrogen-bond donors (Lipinski definition) is 1. The molecule has 1 rings (SSSR count). The van der Waals surface area contributed by atoms with Gasteiger partial charge < -0.3 is 10.2 Å². The van der Waals surface area contributed by atoms with Crippen molar-refractivity contribution in [2.75, 3.05) is 25.0 Å². The van der Waals surface area contributed by atoms with Crippen LogP contribution in [-0.4, -0.2) is 25.1 Å². The molecular weight excluding hydrogens is 234 g/mol. The molecule has 0 aliphatic heterocycles. The van der Waals surface area contributed by atoms with E-state index in [1.54, 1.807) is 0 Å². The van der Waals surface area contributed by atoms with Crippen LogP contribution in [0.2, 0.25) is 0 Å². The molecule has 1 aromatic heterocycles. The molecule has 0 bridgehead atoms. The Balaban J connectivity index is 2.51. The average molecular weight is 263 g/mol. The topological polar surface area (TPSA) is 28.2 Å². The van der Waals surface area contributed by atoms with Crippen molar-refractivity contribution in [2.24, 2.45) is 11.3 Å². The number of anilines is 1. The lowest BCUT2D eigenvalue weighted by Gasteiger charge is -2.27. The third-order valence-corrected chi connectivity index (χ3v) is 2.79. The molecule has 1 heterocycles. The van der Waals surface area contributed by atoms with Crippen LogP contribution >= 0.6 is 0 Å². The summed E-state index contributed by atoms with van der Waals surface area (Å²) in [6.45, 7) is 14.1. The largest absolute Gasteiger partial charge is 0.359 e. The van der Waals surface area contributed by atoms with E-state index in [1.165, 1.54) is 5.56 Å². The summed E-state index contributed by atoms with van der Waals surface area (Å²) in [5, 5.41) is 3.43. The van der Waals surface area contributed by atoms with Crippen molar-refractivity contribution in [2.45, 2.75) is 41.2 Å². The van der Waals surface area contributed by atoms with Gasteiger partial charge in [0.05, 0.1) is 0 Å². The highest BCUT2D eigenvalue weighted by Gasteiger charge is 2.14. The van der Waals surface area contributed by atoms with Gasteiger partial charge in [-0.15, -0.1) is 0 Å². The van der Waals surface area contributed by atoms with Crippen LogP contribution in [0, 0.1) is 11.3 Å². The van der Waals surface area contributed by atoms with Crippen molar-refractivity contribution < 1.29 is 0 Å². The number of nitrogens with zero attached hydrogens (tertiary/aromatic N) is 2. The van der Waals surface area contributed by atoms with Crippen LogP contribution in [0.3, 0.4) is 0 Å². The van der Waals surface area contributed by atoms with E-state index in [9.17, 15) is 0 Å². The van der Waals surface area contributed by atoms with Crippen LogP contribution < -0.4 is 10.2 Å². The summed E-state index contributed by atoms with van der Waals surface area (Å²) in [5.74, 6) is 1.73. The summed E-state index contributed by atoms with van der Waals surface area (Å²) in [5.41, 5.74) is 1.53. The van der Waals surface area contributed by atoms with Crippen molar-refractivity contribution in [3.8, 4) is 0 Å². The second-order valence-corrected chi connectivity index (χ2v) is 6.97. The Labute approximate surface area is 118 Å². The molecule has 0 saturated heterocycles. The summed E-state index contributed by atoms with van der Waals surface area (Å²) < 4.78 is 0. The number of nitrogens with one attached hydrogen (secondary N) is 1. The number of aromatic nitrogens is 1. The zero-order valence-electron chi connectivity index (χ0n) is 13.3. The molecule has 0 aliphatic rings. The van der Waals surface area contributed by atoms with E-state index in [2.05, 4.69) is 69.0 Å². The molecule has 0 unspecified atom stereocenters. The van der Waals surface area contributed by atoms with E-state index in [0.29, 0.717) is 5.92 Å². The lowest BCUT2D eigenvalue weighted by Crippen LogP contribution is -2.29. The van der Waals surface area contributed by atoms with Crippen molar-refractivity contribution in [1.82, 2.24) is 10.3 Å². The Kier molecular flexibility index (Phi) is 5.80. The summed E-state index contributed by atoms with van der Waals surface area (Å²) in [6.07, 6.45) is 1.97. The van der Waals surface area contributed by atoms with Crippen molar-refractivity contribution in [3.63, 3.8) is 0 Å². The second kappa shape index (κ2) is 6.90. The Morgan fingerprint density at radius 3 is 2.42 bits per heavy atom. The molecule has 0 aromatic carbocycles. The monoisotopic (exact) mass is 263 g/mol. The Morgan fingerprint density at radius 1 is 1.26 bits per heavy atom. The zero-order valence-corrected chi connectivity index (χ0v) is 13.3. The zero-order chi connectivity index (χ0) is 14.5. The lowest BCUT2D eigenvalue weighted by molar-refractivity contribution is 0.418. The van der Waals surface area contributed by atoms with E-state index in [-0.39, 0.29) is 5.41 Å². The minimum Gasteiger partial charge on any atom is -0.359 e. The van der Waals surface area contributed by atoms with Gasteiger partial charge in [-0.3, -0.25) is 0 Å². The maximum absolute atomic E-state index is 4.55. The fourth-order valence-corrected chi connectivity index (χ4v) is 2.04. The van der Waals surface area contributed by atoms with E-state index < -0.39 is 0 Å². The van der Waals surface area contributed by atoms with E-state index in [0.717, 1.165) is 25.5 Å². The van der Waals surface area contributed by atoms with E-state index in [1.807, 2.05) is 6.20 Å². The molecule has 0 saturated carbocycles. The average Bonchev–Trinajstić information content (AvgIpc) is 2.27. The predicted molar refractivity (Wildman–Crippen MR) is 83.5 cm³/mol. The van der Waals surface area contributed by atoms with Crippen LogP contribution in [0.1, 0.15) is 40.2 Å². The molecule has 0 amide bonds. The Morgan fingerprint density at radius 2 is 1.95 bits per heavy atom. The maximum atomic E-state index is 4.55. The third-order valence-electron chi connectivity index (χ3n) is 2.79. The fourth-order valence-electron chi connectivity index (χ4n) is 2.04. The molecule has 0 spiro atoms. The Hall–Kier alpha value is -1.09. The molecule has 19 heavy (non-hydrogen) atoms. The molecule has 108 valence electrons. The van der Waals surface area contributed by atoms with E-state index in [4.69, 9.17) is 0 Å². The van der Waals surface area contributed by atoms with Gasteiger partial charge in [-0.1, -0.05) is 40.7 Å². The fraction of sp³-hybridized carbons (Fsp3) is 0.688. The molecule has 1 aromatic rings. The first kappa shape index (κ1) is 16.0. The highest BCUT2D eigenvalue weighted by molar-refractivity contribution is 5.38. The van der Waals surface area contributed by atoms with Crippen LogP contribution in [-0.2, 0) is 6.54 Å². The van der Waals surface area contributed by atoms with Crippen LogP contribution in [0.25, 0.3) is 0 Å². The van der Waals surface area contributed by atoms with Crippen molar-refractivity contribution >= 4 is 5.82 Å². The SMILES string of the molecule is CC(C)CNCc1ccc(N(C)CC(C)(C)C)nc1. The molecule has 3 heteroatoms. The van der Waals surface area contributed by atoms with Crippen molar-refractivity contribution in [1.29, 1.82) is 0 Å². The maximum Gasteiger partial charge on any atom is 0.128 e. The number of hydrogen-bond acceptors (Lipinski definition) is 3. The van der Waals surface area contributed by atoms with Crippen LogP contribution in [0.4, 0.5) is 5.82 Å². The van der Waals surface area contributed by atoms with Crippen molar-refractivity contribution in [3.05, 3.63) is 23.9 Å². The minimum atomic E-state index is 0.286. The highest BCUT2D eigenvalue weighted by atomic mass is 15.2. The molecule has 0 aliphatic carbocycles. The molecule has 0 atom stereocenters. The van der Waals surface area contributed by atoms with Gasteiger partial charge in [0.15, 0.2) is 0 Å². The van der Waals surface area contributed by atoms with E-state index >= 15 is 0 Å². The van der Waals surface area contributed by atoms with Gasteiger partial charge in [-0.25, -0.2) is 4.98 Å². The van der Waals surface area contributed by atoms with Gasteiger partial charge in [0.25, 0.3) is 0 Å². The molecule has 0 radical (unpaired) electrons. The standard InChI is InChI=1S/C16H29N3/c1-13(2)9-17-10-14-7-8-15(18-11-14)19(6)12-16(3,4)5/h7-8,11,13,17H,9-10,12H2,1-6H3. The van der Waals surface area contributed by atoms with Crippen LogP contribution in [0.15, 0.2) is 18.3 Å². The summed E-state index contributed by atoms with van der Waals surface area (Å²) in [6, 6.07) is 4.27.